The molecule has 0 aromatic rings. The van der Waals surface area contributed by atoms with Crippen LogP contribution in [0.2, 0.25) is 0 Å². The minimum atomic E-state index is -1.12. The predicted octanol–water partition coefficient (Wildman–Crippen LogP) is 4.67. The fourth-order valence-electron chi connectivity index (χ4n) is 6.47. The molecule has 10 nitrogen and oxygen atoms in total. The monoisotopic (exact) mass is 648 g/mol. The third-order valence-electron chi connectivity index (χ3n) is 9.69. The number of hydrogen-bond acceptors (Lipinski definition) is 9. The number of likely N-dealkylation sites (tertiary alicyclic amines) is 1. The SMILES string of the molecule is CCC(O)C(C)C1OC1CC(C)(O)C=CC=C(C)C1OC(=O)CC(O)CCC(C)C(OC(=O)NCCN2CCCCC2)C=CC1C. The molecule has 0 aliphatic carbocycles. The van der Waals surface area contributed by atoms with E-state index >= 15 is 0 Å². The summed E-state index contributed by atoms with van der Waals surface area (Å²) in [6.45, 7) is 14.9. The fourth-order valence-corrected chi connectivity index (χ4v) is 6.47. The third kappa shape index (κ3) is 12.8. The molecule has 2 saturated heterocycles. The Morgan fingerprint density at radius 2 is 1.93 bits per heavy atom. The van der Waals surface area contributed by atoms with Gasteiger partial charge in [-0.15, -0.1) is 0 Å². The summed E-state index contributed by atoms with van der Waals surface area (Å²) < 4.78 is 17.5. The van der Waals surface area contributed by atoms with Gasteiger partial charge in [-0.3, -0.25) is 4.79 Å². The number of piperidine rings is 1. The van der Waals surface area contributed by atoms with E-state index in [0.29, 0.717) is 32.2 Å². The van der Waals surface area contributed by atoms with Crippen LogP contribution in [-0.2, 0) is 19.0 Å². The summed E-state index contributed by atoms with van der Waals surface area (Å²) in [5.41, 5.74) is -0.355. The molecule has 0 aromatic carbocycles. The highest BCUT2D eigenvalue weighted by Crippen LogP contribution is 2.37. The van der Waals surface area contributed by atoms with Crippen LogP contribution in [-0.4, -0.2) is 101 Å². The maximum atomic E-state index is 12.8. The Labute approximate surface area is 276 Å². The lowest BCUT2D eigenvalue weighted by Crippen LogP contribution is -2.39. The lowest BCUT2D eigenvalue weighted by molar-refractivity contribution is -0.151. The van der Waals surface area contributed by atoms with Gasteiger partial charge in [-0.1, -0.05) is 58.4 Å². The van der Waals surface area contributed by atoms with Gasteiger partial charge in [0.15, 0.2) is 0 Å². The number of alkyl carbamates (subject to hydrolysis) is 1. The van der Waals surface area contributed by atoms with Crippen molar-refractivity contribution in [2.75, 3.05) is 26.2 Å². The van der Waals surface area contributed by atoms with Crippen molar-refractivity contribution < 1.29 is 39.1 Å². The number of nitrogens with zero attached hydrogens (tertiary/aromatic N) is 1. The number of aliphatic hydroxyl groups is 3. The number of nitrogens with one attached hydrogen (secondary N) is 1. The van der Waals surface area contributed by atoms with E-state index in [1.807, 2.05) is 52.8 Å². The minimum absolute atomic E-state index is 0.00701. The number of aliphatic hydroxyl groups excluding tert-OH is 2. The molecule has 0 spiro atoms. The van der Waals surface area contributed by atoms with Gasteiger partial charge in [-0.25, -0.2) is 4.79 Å². The van der Waals surface area contributed by atoms with E-state index < -0.39 is 42.1 Å². The van der Waals surface area contributed by atoms with Crippen LogP contribution in [0.15, 0.2) is 36.0 Å². The first-order valence-electron chi connectivity index (χ1n) is 17.4. The van der Waals surface area contributed by atoms with Crippen LogP contribution in [0, 0.1) is 17.8 Å². The van der Waals surface area contributed by atoms with Gasteiger partial charge in [0.05, 0.1) is 36.4 Å². The zero-order valence-corrected chi connectivity index (χ0v) is 28.9. The Balaban J connectivity index is 1.64. The van der Waals surface area contributed by atoms with Gasteiger partial charge in [0.2, 0.25) is 0 Å². The lowest BCUT2D eigenvalue weighted by Gasteiger charge is -2.28. The van der Waals surface area contributed by atoms with E-state index in [4.69, 9.17) is 14.2 Å². The van der Waals surface area contributed by atoms with Crippen LogP contribution >= 0.6 is 0 Å². The largest absolute Gasteiger partial charge is 0.457 e. The number of rotatable bonds is 12. The smallest absolute Gasteiger partial charge is 0.407 e. The molecular formula is C36H60N2O8. The number of ether oxygens (including phenoxy) is 3. The highest BCUT2D eigenvalue weighted by atomic mass is 16.6. The van der Waals surface area contributed by atoms with Crippen molar-refractivity contribution in [2.45, 2.75) is 135 Å². The number of allylic oxidation sites excluding steroid dienone is 2. The van der Waals surface area contributed by atoms with Crippen molar-refractivity contribution in [3.63, 3.8) is 0 Å². The second-order valence-corrected chi connectivity index (χ2v) is 14.1. The zero-order chi connectivity index (χ0) is 33.9. The lowest BCUT2D eigenvalue weighted by atomic mass is 9.91. The summed E-state index contributed by atoms with van der Waals surface area (Å²) in [6.07, 6.45) is 11.6. The quantitative estimate of drug-likeness (QED) is 0.103. The van der Waals surface area contributed by atoms with Crippen molar-refractivity contribution in [3.8, 4) is 0 Å². The molecule has 0 aromatic heterocycles. The van der Waals surface area contributed by atoms with Crippen LogP contribution in [0.1, 0.15) is 92.9 Å². The number of carbonyl (C=O) groups excluding carboxylic acids is 2. The van der Waals surface area contributed by atoms with Crippen LogP contribution in [0.4, 0.5) is 4.79 Å². The average molecular weight is 649 g/mol. The van der Waals surface area contributed by atoms with Gasteiger partial charge >= 0.3 is 12.1 Å². The molecule has 4 N–H and O–H groups in total. The summed E-state index contributed by atoms with van der Waals surface area (Å²) in [7, 11) is 0. The molecule has 2 fully saturated rings. The number of esters is 1. The van der Waals surface area contributed by atoms with Crippen molar-refractivity contribution in [2.24, 2.45) is 17.8 Å². The van der Waals surface area contributed by atoms with E-state index in [1.54, 1.807) is 19.1 Å². The molecule has 0 radical (unpaired) electrons. The second kappa shape index (κ2) is 18.3. The number of hydrogen-bond donors (Lipinski definition) is 4. The van der Waals surface area contributed by atoms with Crippen LogP contribution in [0.25, 0.3) is 0 Å². The van der Waals surface area contributed by atoms with Gasteiger partial charge in [-0.05, 0) is 76.6 Å². The summed E-state index contributed by atoms with van der Waals surface area (Å²) in [5.74, 6) is -0.786. The highest BCUT2D eigenvalue weighted by Gasteiger charge is 2.47. The molecule has 0 saturated carbocycles. The first kappa shape index (κ1) is 38.2. The maximum Gasteiger partial charge on any atom is 0.407 e. The summed E-state index contributed by atoms with van der Waals surface area (Å²) >= 11 is 0. The molecule has 46 heavy (non-hydrogen) atoms. The van der Waals surface area contributed by atoms with Crippen LogP contribution in [0.3, 0.4) is 0 Å². The number of cyclic esters (lactones) is 1. The number of carbonyl (C=O) groups is 2. The number of amides is 1. The van der Waals surface area contributed by atoms with Crippen molar-refractivity contribution >= 4 is 12.1 Å². The maximum absolute atomic E-state index is 12.8. The van der Waals surface area contributed by atoms with E-state index in [0.717, 1.165) is 25.2 Å². The molecule has 10 heteroatoms. The van der Waals surface area contributed by atoms with E-state index in [-0.39, 0.29) is 36.4 Å². The molecule has 10 atom stereocenters. The minimum Gasteiger partial charge on any atom is -0.457 e. The predicted molar refractivity (Wildman–Crippen MR) is 178 cm³/mol. The topological polar surface area (TPSA) is 141 Å². The fraction of sp³-hybridized carbons (Fsp3) is 0.778. The number of epoxide rings is 1. The second-order valence-electron chi connectivity index (χ2n) is 14.1. The molecule has 262 valence electrons. The first-order chi connectivity index (χ1) is 21.8. The molecule has 3 aliphatic heterocycles. The Morgan fingerprint density at radius 3 is 2.63 bits per heavy atom. The summed E-state index contributed by atoms with van der Waals surface area (Å²) in [6, 6.07) is 0. The summed E-state index contributed by atoms with van der Waals surface area (Å²) in [5, 5.41) is 34.6. The Bertz CT molecular complexity index is 1050. The molecule has 1 amide bonds. The van der Waals surface area contributed by atoms with Gasteiger partial charge in [0.25, 0.3) is 0 Å². The van der Waals surface area contributed by atoms with Crippen molar-refractivity contribution in [1.82, 2.24) is 10.2 Å². The molecule has 10 unspecified atom stereocenters. The van der Waals surface area contributed by atoms with Gasteiger partial charge in [0.1, 0.15) is 12.2 Å². The zero-order valence-electron chi connectivity index (χ0n) is 28.9. The third-order valence-corrected chi connectivity index (χ3v) is 9.69. The normalized spacial score (nSPS) is 32.8. The van der Waals surface area contributed by atoms with E-state index in [1.165, 1.54) is 19.3 Å². The van der Waals surface area contributed by atoms with Gasteiger partial charge in [0, 0.05) is 31.3 Å². The van der Waals surface area contributed by atoms with Crippen molar-refractivity contribution in [1.29, 1.82) is 0 Å². The van der Waals surface area contributed by atoms with Gasteiger partial charge < -0.3 is 39.7 Å². The van der Waals surface area contributed by atoms with E-state index in [2.05, 4.69) is 10.2 Å². The Kier molecular flexibility index (Phi) is 15.2. The average Bonchev–Trinajstić information content (AvgIpc) is 3.77. The Hall–Kier alpha value is -2.24. The summed E-state index contributed by atoms with van der Waals surface area (Å²) in [4.78, 5) is 27.9. The van der Waals surface area contributed by atoms with Crippen molar-refractivity contribution in [3.05, 3.63) is 36.0 Å². The molecular weight excluding hydrogens is 588 g/mol. The molecule has 3 rings (SSSR count). The molecule has 3 aliphatic rings. The van der Waals surface area contributed by atoms with Crippen LogP contribution < -0.4 is 5.32 Å². The highest BCUT2D eigenvalue weighted by molar-refractivity contribution is 5.70. The van der Waals surface area contributed by atoms with Gasteiger partial charge in [-0.2, -0.15) is 0 Å². The van der Waals surface area contributed by atoms with Crippen LogP contribution in [0.5, 0.6) is 0 Å². The molecule has 0 bridgehead atoms. The first-order valence-corrected chi connectivity index (χ1v) is 17.4. The standard InChI is InChI=1S/C36H60N2O8/c1-7-29(40)27(5)34-31(44-34)23-36(6,43)17-11-12-25(3)33-26(4)14-16-30(24(2)13-15-28(39)22-32(41)46-33)45-35(42)37-18-21-38-19-9-8-10-20-38/h11-12,14,16-17,24,26-31,33-34,39-40,43H,7-10,13,15,18-23H2,1-6H3,(H,37,42). The Morgan fingerprint density at radius 1 is 1.22 bits per heavy atom. The molecule has 3 heterocycles. The van der Waals surface area contributed by atoms with E-state index in [9.17, 15) is 24.9 Å².